The number of hydrogen-bond acceptors (Lipinski definition) is 3. The SMILES string of the molecule is O=c1oc2cccnc2c2[c-]ccc(C(F)(F)F)c12.[Ir]. The second kappa shape index (κ2) is 4.99. The molecule has 0 aliphatic rings. The molecule has 2 heterocycles. The fourth-order valence-electron chi connectivity index (χ4n) is 1.95. The monoisotopic (exact) mass is 457 g/mol. The molecule has 105 valence electrons. The zero-order valence-electron chi connectivity index (χ0n) is 9.62. The van der Waals surface area contributed by atoms with Gasteiger partial charge in [0.25, 0.3) is 5.63 Å². The summed E-state index contributed by atoms with van der Waals surface area (Å²) in [6, 6.07) is 7.55. The van der Waals surface area contributed by atoms with Crippen LogP contribution < -0.4 is 5.63 Å². The van der Waals surface area contributed by atoms with Crippen molar-refractivity contribution in [1.29, 1.82) is 0 Å². The molecule has 0 unspecified atom stereocenters. The number of rotatable bonds is 0. The summed E-state index contributed by atoms with van der Waals surface area (Å²) in [5, 5.41) is -0.525. The first-order valence-electron chi connectivity index (χ1n) is 5.28. The van der Waals surface area contributed by atoms with Crippen molar-refractivity contribution in [2.24, 2.45) is 0 Å². The Labute approximate surface area is 123 Å². The number of pyridine rings is 1. The molecule has 0 amide bonds. The van der Waals surface area contributed by atoms with Gasteiger partial charge in [-0.3, -0.25) is 4.79 Å². The first-order chi connectivity index (χ1) is 8.98. The van der Waals surface area contributed by atoms with E-state index in [1.807, 2.05) is 0 Å². The average molecular weight is 456 g/mol. The third kappa shape index (κ3) is 2.23. The zero-order chi connectivity index (χ0) is 13.6. The van der Waals surface area contributed by atoms with E-state index in [9.17, 15) is 18.0 Å². The Morgan fingerprint density at radius 2 is 2.00 bits per heavy atom. The van der Waals surface area contributed by atoms with Gasteiger partial charge in [0.2, 0.25) is 0 Å². The van der Waals surface area contributed by atoms with E-state index >= 15 is 0 Å². The minimum Gasteiger partial charge on any atom is -0.438 e. The Bertz CT molecular complexity index is 842. The smallest absolute Gasteiger partial charge is 0.400 e. The topological polar surface area (TPSA) is 43.1 Å². The van der Waals surface area contributed by atoms with Crippen molar-refractivity contribution in [1.82, 2.24) is 4.98 Å². The van der Waals surface area contributed by atoms with E-state index in [0.717, 1.165) is 12.1 Å². The van der Waals surface area contributed by atoms with E-state index in [4.69, 9.17) is 4.42 Å². The third-order valence-electron chi connectivity index (χ3n) is 2.72. The summed E-state index contributed by atoms with van der Waals surface area (Å²) in [6.07, 6.45) is -3.22. The number of hydrogen-bond donors (Lipinski definition) is 0. The molecule has 0 atom stereocenters. The Hall–Kier alpha value is -1.72. The van der Waals surface area contributed by atoms with Gasteiger partial charge in [0, 0.05) is 31.8 Å². The Balaban J connectivity index is 0.00000147. The Kier molecular flexibility index (Phi) is 3.67. The molecule has 0 saturated heterocycles. The van der Waals surface area contributed by atoms with Crippen molar-refractivity contribution in [3.8, 4) is 0 Å². The minimum atomic E-state index is -4.63. The zero-order valence-corrected chi connectivity index (χ0v) is 12.0. The quantitative estimate of drug-likeness (QED) is 0.386. The predicted octanol–water partition coefficient (Wildman–Crippen LogP) is 3.16. The van der Waals surface area contributed by atoms with Crippen molar-refractivity contribution < 1.29 is 37.7 Å². The van der Waals surface area contributed by atoms with Crippen LogP contribution in [0.2, 0.25) is 0 Å². The van der Waals surface area contributed by atoms with Gasteiger partial charge in [-0.2, -0.15) is 13.2 Å². The van der Waals surface area contributed by atoms with Gasteiger partial charge in [-0.25, -0.2) is 0 Å². The Morgan fingerprint density at radius 3 is 2.70 bits per heavy atom. The molecule has 1 radical (unpaired) electrons. The van der Waals surface area contributed by atoms with E-state index in [1.165, 1.54) is 18.3 Å². The van der Waals surface area contributed by atoms with Gasteiger partial charge in [0.1, 0.15) is 5.58 Å². The minimum absolute atomic E-state index is 0. The van der Waals surface area contributed by atoms with Crippen LogP contribution in [0.4, 0.5) is 13.2 Å². The van der Waals surface area contributed by atoms with Crippen LogP contribution in [0.3, 0.4) is 0 Å². The van der Waals surface area contributed by atoms with Crippen LogP contribution in [0.1, 0.15) is 5.56 Å². The third-order valence-corrected chi connectivity index (χ3v) is 2.72. The molecule has 0 N–H and O–H groups in total. The van der Waals surface area contributed by atoms with Crippen molar-refractivity contribution in [3.05, 3.63) is 52.5 Å². The number of nitrogens with zero attached hydrogens (tertiary/aromatic N) is 1. The van der Waals surface area contributed by atoms with Gasteiger partial charge in [-0.15, -0.1) is 23.6 Å². The van der Waals surface area contributed by atoms with E-state index in [0.29, 0.717) is 0 Å². The van der Waals surface area contributed by atoms with Crippen LogP contribution in [0, 0.1) is 6.07 Å². The summed E-state index contributed by atoms with van der Waals surface area (Å²) in [5.74, 6) is 0. The second-order valence-corrected chi connectivity index (χ2v) is 3.88. The molecule has 3 aromatic rings. The maximum Gasteiger partial charge on any atom is 0.400 e. The van der Waals surface area contributed by atoms with Gasteiger partial charge in [0.05, 0.1) is 0 Å². The predicted molar refractivity (Wildman–Crippen MR) is 61.6 cm³/mol. The van der Waals surface area contributed by atoms with Gasteiger partial charge in [0.15, 0.2) is 0 Å². The average Bonchev–Trinajstić information content (AvgIpc) is 2.37. The summed E-state index contributed by atoms with van der Waals surface area (Å²) in [6.45, 7) is 0. The molecule has 0 aliphatic heterocycles. The first kappa shape index (κ1) is 14.7. The molecular formula is C13H5F3IrNO2-. The fraction of sp³-hybridized carbons (Fsp3) is 0.0769. The molecule has 1 aromatic carbocycles. The summed E-state index contributed by atoms with van der Waals surface area (Å²) >= 11 is 0. The van der Waals surface area contributed by atoms with Crippen molar-refractivity contribution in [3.63, 3.8) is 0 Å². The maximum absolute atomic E-state index is 12.9. The molecular weight excluding hydrogens is 451 g/mol. The normalized spacial score (nSPS) is 11.6. The summed E-state index contributed by atoms with van der Waals surface area (Å²) < 4.78 is 43.5. The molecule has 0 bridgehead atoms. The van der Waals surface area contributed by atoms with Gasteiger partial charge in [-0.1, -0.05) is 0 Å². The van der Waals surface area contributed by atoms with Crippen molar-refractivity contribution >= 4 is 21.9 Å². The molecule has 3 nitrogen and oxygen atoms in total. The molecule has 20 heavy (non-hydrogen) atoms. The largest absolute Gasteiger partial charge is 0.438 e. The van der Waals surface area contributed by atoms with Crippen LogP contribution >= 0.6 is 0 Å². The van der Waals surface area contributed by atoms with Crippen LogP contribution in [-0.2, 0) is 26.3 Å². The van der Waals surface area contributed by atoms with Gasteiger partial charge in [-0.05, 0) is 23.1 Å². The molecule has 0 spiro atoms. The molecule has 0 fully saturated rings. The van der Waals surface area contributed by atoms with E-state index in [-0.39, 0.29) is 36.6 Å². The van der Waals surface area contributed by atoms with Gasteiger partial charge < -0.3 is 9.40 Å². The van der Waals surface area contributed by atoms with E-state index in [1.54, 1.807) is 0 Å². The number of halogens is 3. The first-order valence-corrected chi connectivity index (χ1v) is 5.28. The van der Waals surface area contributed by atoms with E-state index in [2.05, 4.69) is 11.1 Å². The standard InChI is InChI=1S/C13H5F3NO2.Ir/c14-13(15,16)8-4-1-3-7-10(8)12(18)19-9-5-2-6-17-11(7)9;/h1-2,4-6H;/q-1;. The molecule has 7 heteroatoms. The van der Waals surface area contributed by atoms with Crippen LogP contribution in [-0.4, -0.2) is 4.98 Å². The number of fused-ring (bicyclic) bond motifs is 3. The number of aromatic nitrogens is 1. The summed E-state index contributed by atoms with van der Waals surface area (Å²) in [7, 11) is 0. The number of alkyl halides is 3. The second-order valence-electron chi connectivity index (χ2n) is 3.88. The van der Waals surface area contributed by atoms with Crippen molar-refractivity contribution in [2.45, 2.75) is 6.18 Å². The Morgan fingerprint density at radius 1 is 1.25 bits per heavy atom. The molecule has 3 rings (SSSR count). The van der Waals surface area contributed by atoms with Crippen LogP contribution in [0.5, 0.6) is 0 Å². The maximum atomic E-state index is 12.9. The van der Waals surface area contributed by atoms with Crippen molar-refractivity contribution in [2.75, 3.05) is 0 Å². The fourth-order valence-corrected chi connectivity index (χ4v) is 1.95. The summed E-state index contributed by atoms with van der Waals surface area (Å²) in [5.41, 5.74) is -1.76. The van der Waals surface area contributed by atoms with Crippen LogP contribution in [0.15, 0.2) is 39.7 Å². The van der Waals surface area contributed by atoms with Crippen LogP contribution in [0.25, 0.3) is 21.9 Å². The molecule has 0 saturated carbocycles. The van der Waals surface area contributed by atoms with E-state index < -0.39 is 22.8 Å². The molecule has 0 aliphatic carbocycles. The number of benzene rings is 1. The van der Waals surface area contributed by atoms with Gasteiger partial charge >= 0.3 is 6.18 Å². The molecule has 2 aromatic heterocycles. The summed E-state index contributed by atoms with van der Waals surface area (Å²) in [4.78, 5) is 15.7.